The Morgan fingerprint density at radius 1 is 1.42 bits per heavy atom. The third-order valence-corrected chi connectivity index (χ3v) is 3.13. The fourth-order valence-corrected chi connectivity index (χ4v) is 2.07. The lowest BCUT2D eigenvalue weighted by molar-refractivity contribution is 0.178. The van der Waals surface area contributed by atoms with Crippen molar-refractivity contribution in [2.24, 2.45) is 0 Å². The van der Waals surface area contributed by atoms with Gasteiger partial charge < -0.3 is 19.4 Å². The molecule has 4 nitrogen and oxygen atoms in total. The zero-order valence-corrected chi connectivity index (χ0v) is 12.8. The van der Waals surface area contributed by atoms with Crippen molar-refractivity contribution in [1.82, 2.24) is 10.2 Å². The van der Waals surface area contributed by atoms with Gasteiger partial charge in [0.1, 0.15) is 11.5 Å². The molecule has 0 aromatic carbocycles. The average molecular weight is 268 g/mol. The van der Waals surface area contributed by atoms with E-state index in [1.165, 1.54) is 5.56 Å². The third-order valence-electron chi connectivity index (χ3n) is 3.13. The van der Waals surface area contributed by atoms with Gasteiger partial charge in [0.05, 0.1) is 6.54 Å². The molecule has 0 aliphatic rings. The number of ether oxygens (including phenoxy) is 1. The summed E-state index contributed by atoms with van der Waals surface area (Å²) in [5.74, 6) is 2.07. The third kappa shape index (κ3) is 6.23. The van der Waals surface area contributed by atoms with E-state index in [2.05, 4.69) is 30.3 Å². The van der Waals surface area contributed by atoms with Crippen LogP contribution in [0.1, 0.15) is 36.8 Å². The first kappa shape index (κ1) is 16.2. The molecule has 0 fully saturated rings. The van der Waals surface area contributed by atoms with E-state index in [0.717, 1.165) is 57.1 Å². The van der Waals surface area contributed by atoms with E-state index in [4.69, 9.17) is 9.15 Å². The maximum Gasteiger partial charge on any atom is 0.118 e. The second-order valence-corrected chi connectivity index (χ2v) is 5.06. The smallest absolute Gasteiger partial charge is 0.118 e. The number of rotatable bonds is 10. The van der Waals surface area contributed by atoms with Gasteiger partial charge in [-0.2, -0.15) is 0 Å². The maximum absolute atomic E-state index is 5.77. The quantitative estimate of drug-likeness (QED) is 0.662. The van der Waals surface area contributed by atoms with Gasteiger partial charge in [-0.25, -0.2) is 0 Å². The molecule has 0 aliphatic heterocycles. The van der Waals surface area contributed by atoms with Crippen LogP contribution >= 0.6 is 0 Å². The van der Waals surface area contributed by atoms with Crippen LogP contribution in [0.3, 0.4) is 0 Å². The number of furan rings is 1. The highest BCUT2D eigenvalue weighted by Crippen LogP contribution is 2.16. The Kier molecular flexibility index (Phi) is 7.79. The van der Waals surface area contributed by atoms with Crippen LogP contribution in [0.4, 0.5) is 0 Å². The molecule has 110 valence electrons. The summed E-state index contributed by atoms with van der Waals surface area (Å²) in [5.41, 5.74) is 1.29. The molecule has 1 heterocycles. The lowest BCUT2D eigenvalue weighted by atomic mass is 10.2. The first-order valence-electron chi connectivity index (χ1n) is 7.13. The van der Waals surface area contributed by atoms with Crippen molar-refractivity contribution < 1.29 is 9.15 Å². The largest absolute Gasteiger partial charge is 0.465 e. The molecule has 0 unspecified atom stereocenters. The monoisotopic (exact) mass is 268 g/mol. The molecule has 0 atom stereocenters. The van der Waals surface area contributed by atoms with Gasteiger partial charge in [0, 0.05) is 32.4 Å². The zero-order chi connectivity index (χ0) is 14.1. The van der Waals surface area contributed by atoms with Gasteiger partial charge >= 0.3 is 0 Å². The number of methoxy groups -OCH3 is 1. The first-order chi connectivity index (χ1) is 9.17. The molecule has 19 heavy (non-hydrogen) atoms. The Labute approximate surface area is 117 Å². The molecular formula is C15H28N2O2. The Morgan fingerprint density at radius 2 is 2.21 bits per heavy atom. The van der Waals surface area contributed by atoms with Gasteiger partial charge in [0.25, 0.3) is 0 Å². The molecule has 1 aromatic rings. The van der Waals surface area contributed by atoms with Gasteiger partial charge in [-0.1, -0.05) is 6.92 Å². The Balaban J connectivity index is 2.40. The molecule has 0 aliphatic carbocycles. The van der Waals surface area contributed by atoms with Crippen molar-refractivity contribution in [2.75, 3.05) is 33.9 Å². The maximum atomic E-state index is 5.77. The van der Waals surface area contributed by atoms with Gasteiger partial charge in [-0.05, 0) is 39.4 Å². The van der Waals surface area contributed by atoms with E-state index in [1.807, 2.05) is 6.92 Å². The molecule has 1 N–H and O–H groups in total. The molecular weight excluding hydrogens is 240 g/mol. The van der Waals surface area contributed by atoms with Crippen molar-refractivity contribution in [3.8, 4) is 0 Å². The zero-order valence-electron chi connectivity index (χ0n) is 12.8. The summed E-state index contributed by atoms with van der Waals surface area (Å²) in [6, 6.07) is 2.17. The van der Waals surface area contributed by atoms with Crippen LogP contribution in [0.15, 0.2) is 10.5 Å². The normalized spacial score (nSPS) is 11.4. The molecule has 0 saturated heterocycles. The summed E-state index contributed by atoms with van der Waals surface area (Å²) in [6.45, 7) is 8.87. The predicted octanol–water partition coefficient (Wildman–Crippen LogP) is 2.56. The standard InChI is InChI=1S/C15H28N2O2/c1-5-7-16-11-15-10-14(13(2)19-15)12-17(3)8-6-9-18-4/h10,16H,5-9,11-12H2,1-4H3. The fraction of sp³-hybridized carbons (Fsp3) is 0.733. The van der Waals surface area contributed by atoms with Crippen LogP contribution in [0, 0.1) is 6.92 Å². The molecule has 0 radical (unpaired) electrons. The van der Waals surface area contributed by atoms with Crippen molar-refractivity contribution in [3.63, 3.8) is 0 Å². The lowest BCUT2D eigenvalue weighted by Crippen LogP contribution is -2.20. The lowest BCUT2D eigenvalue weighted by Gasteiger charge is -2.15. The molecule has 1 aromatic heterocycles. The first-order valence-corrected chi connectivity index (χ1v) is 7.13. The van der Waals surface area contributed by atoms with Crippen molar-refractivity contribution in [2.45, 2.75) is 39.8 Å². The highest BCUT2D eigenvalue weighted by Gasteiger charge is 2.09. The minimum Gasteiger partial charge on any atom is -0.465 e. The van der Waals surface area contributed by atoms with Gasteiger partial charge in [-0.3, -0.25) is 0 Å². The van der Waals surface area contributed by atoms with Crippen LogP contribution in [0.25, 0.3) is 0 Å². The van der Waals surface area contributed by atoms with E-state index >= 15 is 0 Å². The highest BCUT2D eigenvalue weighted by atomic mass is 16.5. The summed E-state index contributed by atoms with van der Waals surface area (Å²) in [4.78, 5) is 2.31. The predicted molar refractivity (Wildman–Crippen MR) is 78.3 cm³/mol. The van der Waals surface area contributed by atoms with E-state index < -0.39 is 0 Å². The molecule has 4 heteroatoms. The Morgan fingerprint density at radius 3 is 2.89 bits per heavy atom. The van der Waals surface area contributed by atoms with Crippen LogP contribution in [-0.2, 0) is 17.8 Å². The number of aryl methyl sites for hydroxylation is 1. The number of nitrogens with one attached hydrogen (secondary N) is 1. The van der Waals surface area contributed by atoms with Crippen LogP contribution < -0.4 is 5.32 Å². The van der Waals surface area contributed by atoms with Crippen LogP contribution in [0.2, 0.25) is 0 Å². The van der Waals surface area contributed by atoms with Gasteiger partial charge in [0.15, 0.2) is 0 Å². The Hall–Kier alpha value is -0.840. The summed E-state index contributed by atoms with van der Waals surface area (Å²) in [6.07, 6.45) is 2.21. The second-order valence-electron chi connectivity index (χ2n) is 5.06. The van der Waals surface area contributed by atoms with Crippen molar-refractivity contribution in [3.05, 3.63) is 23.2 Å². The van der Waals surface area contributed by atoms with Crippen molar-refractivity contribution in [1.29, 1.82) is 0 Å². The fourth-order valence-electron chi connectivity index (χ4n) is 2.07. The number of nitrogens with zero attached hydrogens (tertiary/aromatic N) is 1. The molecule has 0 saturated carbocycles. The van der Waals surface area contributed by atoms with Crippen LogP contribution in [-0.4, -0.2) is 38.8 Å². The molecule has 0 spiro atoms. The second kappa shape index (κ2) is 9.13. The number of hydrogen-bond donors (Lipinski definition) is 1. The van der Waals surface area contributed by atoms with Crippen molar-refractivity contribution >= 4 is 0 Å². The summed E-state index contributed by atoms with van der Waals surface area (Å²) < 4.78 is 10.8. The van der Waals surface area contributed by atoms with Gasteiger partial charge in [-0.15, -0.1) is 0 Å². The SMILES string of the molecule is CCCNCc1cc(CN(C)CCCOC)c(C)o1. The van der Waals surface area contributed by atoms with E-state index in [-0.39, 0.29) is 0 Å². The molecule has 0 amide bonds. The van der Waals surface area contributed by atoms with E-state index in [9.17, 15) is 0 Å². The average Bonchev–Trinajstić information content (AvgIpc) is 2.71. The molecule has 1 rings (SSSR count). The van der Waals surface area contributed by atoms with E-state index in [0.29, 0.717) is 0 Å². The van der Waals surface area contributed by atoms with Gasteiger partial charge in [0.2, 0.25) is 0 Å². The summed E-state index contributed by atoms with van der Waals surface area (Å²) >= 11 is 0. The van der Waals surface area contributed by atoms with Crippen LogP contribution in [0.5, 0.6) is 0 Å². The molecule has 0 bridgehead atoms. The summed E-state index contributed by atoms with van der Waals surface area (Å²) in [7, 11) is 3.88. The Bertz CT molecular complexity index is 350. The summed E-state index contributed by atoms with van der Waals surface area (Å²) in [5, 5.41) is 3.36. The minimum absolute atomic E-state index is 0.820. The highest BCUT2D eigenvalue weighted by molar-refractivity contribution is 5.20. The number of hydrogen-bond acceptors (Lipinski definition) is 4. The minimum atomic E-state index is 0.820. The van der Waals surface area contributed by atoms with E-state index in [1.54, 1.807) is 7.11 Å². The topological polar surface area (TPSA) is 37.6 Å².